The number of ether oxygens (including phenoxy) is 1. The molecule has 0 bridgehead atoms. The maximum Gasteiger partial charge on any atom is 0.125 e. The van der Waals surface area contributed by atoms with Crippen LogP contribution in [0.2, 0.25) is 0 Å². The first-order valence-electron chi connectivity index (χ1n) is 7.38. The Balaban J connectivity index is 2.80. The molecule has 0 heterocycles. The Morgan fingerprint density at radius 2 is 1.84 bits per heavy atom. The van der Waals surface area contributed by atoms with Crippen LogP contribution in [0, 0.1) is 19.8 Å². The SMILES string of the molecule is Cc1cc(C)c(OCC(C)C)c(CCCC(C)N)c1. The van der Waals surface area contributed by atoms with E-state index in [4.69, 9.17) is 10.5 Å². The molecule has 2 heteroatoms. The van der Waals surface area contributed by atoms with E-state index in [1.807, 2.05) is 0 Å². The summed E-state index contributed by atoms with van der Waals surface area (Å²) in [5.41, 5.74) is 9.71. The molecule has 0 aliphatic heterocycles. The molecule has 2 nitrogen and oxygen atoms in total. The zero-order chi connectivity index (χ0) is 14.4. The van der Waals surface area contributed by atoms with Gasteiger partial charge in [-0.3, -0.25) is 0 Å². The van der Waals surface area contributed by atoms with Gasteiger partial charge in [0.15, 0.2) is 0 Å². The van der Waals surface area contributed by atoms with Crippen molar-refractivity contribution in [3.8, 4) is 5.75 Å². The molecule has 0 aliphatic rings. The summed E-state index contributed by atoms with van der Waals surface area (Å²) in [6.07, 6.45) is 3.24. The van der Waals surface area contributed by atoms with Gasteiger partial charge in [0, 0.05) is 6.04 Å². The van der Waals surface area contributed by atoms with Crippen molar-refractivity contribution in [1.82, 2.24) is 0 Å². The third-order valence-corrected chi connectivity index (χ3v) is 3.16. The van der Waals surface area contributed by atoms with Crippen molar-refractivity contribution in [3.63, 3.8) is 0 Å². The van der Waals surface area contributed by atoms with Crippen LogP contribution in [-0.4, -0.2) is 12.6 Å². The molecule has 19 heavy (non-hydrogen) atoms. The topological polar surface area (TPSA) is 35.2 Å². The van der Waals surface area contributed by atoms with E-state index in [1.165, 1.54) is 16.7 Å². The molecule has 0 saturated heterocycles. The normalized spacial score (nSPS) is 12.8. The van der Waals surface area contributed by atoms with E-state index in [9.17, 15) is 0 Å². The summed E-state index contributed by atoms with van der Waals surface area (Å²) in [6, 6.07) is 4.74. The van der Waals surface area contributed by atoms with E-state index in [0.717, 1.165) is 31.6 Å². The molecule has 108 valence electrons. The molecule has 1 aromatic carbocycles. The van der Waals surface area contributed by atoms with Crippen LogP contribution in [-0.2, 0) is 6.42 Å². The van der Waals surface area contributed by atoms with E-state index in [-0.39, 0.29) is 6.04 Å². The monoisotopic (exact) mass is 263 g/mol. The highest BCUT2D eigenvalue weighted by molar-refractivity contribution is 5.44. The van der Waals surface area contributed by atoms with Gasteiger partial charge < -0.3 is 10.5 Å². The first kappa shape index (κ1) is 16.0. The molecule has 1 aromatic rings. The smallest absolute Gasteiger partial charge is 0.125 e. The average Bonchev–Trinajstić information content (AvgIpc) is 2.26. The summed E-state index contributed by atoms with van der Waals surface area (Å²) in [5.74, 6) is 1.64. The van der Waals surface area contributed by atoms with Crippen molar-refractivity contribution in [2.24, 2.45) is 11.7 Å². The lowest BCUT2D eigenvalue weighted by Gasteiger charge is -2.17. The largest absolute Gasteiger partial charge is 0.493 e. The van der Waals surface area contributed by atoms with Crippen LogP contribution in [0.4, 0.5) is 0 Å². The lowest BCUT2D eigenvalue weighted by Crippen LogP contribution is -2.14. The molecule has 0 saturated carbocycles. The van der Waals surface area contributed by atoms with Crippen molar-refractivity contribution >= 4 is 0 Å². The molecule has 1 atom stereocenters. The van der Waals surface area contributed by atoms with Gasteiger partial charge >= 0.3 is 0 Å². The van der Waals surface area contributed by atoms with Gasteiger partial charge in [-0.15, -0.1) is 0 Å². The Labute approximate surface area is 118 Å². The summed E-state index contributed by atoms with van der Waals surface area (Å²) >= 11 is 0. The van der Waals surface area contributed by atoms with Crippen LogP contribution >= 0.6 is 0 Å². The fraction of sp³-hybridized carbons (Fsp3) is 0.647. The molecule has 0 amide bonds. The maximum atomic E-state index is 6.01. The van der Waals surface area contributed by atoms with Gasteiger partial charge in [-0.05, 0) is 57.1 Å². The maximum absolute atomic E-state index is 6.01. The minimum atomic E-state index is 0.283. The number of nitrogens with two attached hydrogens (primary N) is 1. The van der Waals surface area contributed by atoms with Crippen LogP contribution in [0.25, 0.3) is 0 Å². The van der Waals surface area contributed by atoms with Crippen molar-refractivity contribution in [3.05, 3.63) is 28.8 Å². The highest BCUT2D eigenvalue weighted by Crippen LogP contribution is 2.27. The van der Waals surface area contributed by atoms with Gasteiger partial charge in [0.1, 0.15) is 5.75 Å². The molecule has 0 aliphatic carbocycles. The van der Waals surface area contributed by atoms with Crippen LogP contribution in [0.5, 0.6) is 5.75 Å². The van der Waals surface area contributed by atoms with Crippen molar-refractivity contribution in [2.45, 2.75) is 59.9 Å². The Kier molecular flexibility index (Phi) is 6.36. The number of benzene rings is 1. The lowest BCUT2D eigenvalue weighted by molar-refractivity contribution is 0.266. The molecule has 0 spiro atoms. The van der Waals surface area contributed by atoms with Crippen LogP contribution in [0.15, 0.2) is 12.1 Å². The third-order valence-electron chi connectivity index (χ3n) is 3.16. The second-order valence-electron chi connectivity index (χ2n) is 6.14. The number of aryl methyl sites for hydroxylation is 3. The summed E-state index contributed by atoms with van der Waals surface area (Å²) in [6.45, 7) is 11.5. The molecule has 0 radical (unpaired) electrons. The minimum absolute atomic E-state index is 0.283. The molecule has 2 N–H and O–H groups in total. The van der Waals surface area contributed by atoms with Gasteiger partial charge in [0.05, 0.1) is 6.61 Å². The fourth-order valence-corrected chi connectivity index (χ4v) is 2.30. The zero-order valence-electron chi connectivity index (χ0n) is 13.1. The summed E-state index contributed by atoms with van der Waals surface area (Å²) < 4.78 is 6.01. The van der Waals surface area contributed by atoms with Crippen LogP contribution < -0.4 is 10.5 Å². The predicted molar refractivity (Wildman–Crippen MR) is 82.8 cm³/mol. The highest BCUT2D eigenvalue weighted by Gasteiger charge is 2.10. The van der Waals surface area contributed by atoms with E-state index in [2.05, 4.69) is 46.8 Å². The average molecular weight is 263 g/mol. The fourth-order valence-electron chi connectivity index (χ4n) is 2.30. The predicted octanol–water partition coefficient (Wildman–Crippen LogP) is 4.01. The second kappa shape index (κ2) is 7.54. The first-order valence-corrected chi connectivity index (χ1v) is 7.38. The Hall–Kier alpha value is -1.02. The molecular weight excluding hydrogens is 234 g/mol. The summed E-state index contributed by atoms with van der Waals surface area (Å²) in [4.78, 5) is 0. The zero-order valence-corrected chi connectivity index (χ0v) is 13.1. The number of rotatable bonds is 7. The Bertz CT molecular complexity index is 396. The van der Waals surface area contributed by atoms with Gasteiger partial charge in [0.2, 0.25) is 0 Å². The molecule has 1 rings (SSSR count). The van der Waals surface area contributed by atoms with Crippen molar-refractivity contribution < 1.29 is 4.74 Å². The van der Waals surface area contributed by atoms with Gasteiger partial charge in [-0.2, -0.15) is 0 Å². The van der Waals surface area contributed by atoms with E-state index in [0.29, 0.717) is 5.92 Å². The number of hydrogen-bond donors (Lipinski definition) is 1. The Morgan fingerprint density at radius 1 is 1.16 bits per heavy atom. The number of hydrogen-bond acceptors (Lipinski definition) is 2. The van der Waals surface area contributed by atoms with E-state index >= 15 is 0 Å². The molecule has 0 fully saturated rings. The van der Waals surface area contributed by atoms with Gasteiger partial charge in [0.25, 0.3) is 0 Å². The summed E-state index contributed by atoms with van der Waals surface area (Å²) in [7, 11) is 0. The van der Waals surface area contributed by atoms with Crippen molar-refractivity contribution in [2.75, 3.05) is 6.61 Å². The van der Waals surface area contributed by atoms with E-state index < -0.39 is 0 Å². The van der Waals surface area contributed by atoms with Crippen LogP contribution in [0.3, 0.4) is 0 Å². The minimum Gasteiger partial charge on any atom is -0.493 e. The third kappa shape index (κ3) is 5.65. The van der Waals surface area contributed by atoms with Gasteiger partial charge in [-0.1, -0.05) is 31.5 Å². The molecule has 1 unspecified atom stereocenters. The van der Waals surface area contributed by atoms with E-state index in [1.54, 1.807) is 0 Å². The molecular formula is C17H29NO. The second-order valence-corrected chi connectivity index (χ2v) is 6.14. The Morgan fingerprint density at radius 3 is 2.42 bits per heavy atom. The lowest BCUT2D eigenvalue weighted by atomic mass is 10.00. The first-order chi connectivity index (χ1) is 8.90. The van der Waals surface area contributed by atoms with Gasteiger partial charge in [-0.25, -0.2) is 0 Å². The molecule has 0 aromatic heterocycles. The highest BCUT2D eigenvalue weighted by atomic mass is 16.5. The standard InChI is InChI=1S/C17H29NO/c1-12(2)11-19-17-14(4)9-13(3)10-16(17)8-6-7-15(5)18/h9-10,12,15H,6-8,11,18H2,1-5H3. The van der Waals surface area contributed by atoms with Crippen LogP contribution in [0.1, 0.15) is 50.3 Å². The van der Waals surface area contributed by atoms with Crippen molar-refractivity contribution in [1.29, 1.82) is 0 Å². The quantitative estimate of drug-likeness (QED) is 0.806. The summed E-state index contributed by atoms with van der Waals surface area (Å²) in [5, 5.41) is 0.